The molecule has 3 rings (SSSR count). The van der Waals surface area contributed by atoms with Gasteiger partial charge in [-0.05, 0) is 52.7 Å². The summed E-state index contributed by atoms with van der Waals surface area (Å²) in [4.78, 5) is 29.1. The van der Waals surface area contributed by atoms with Crippen LogP contribution < -0.4 is 10.3 Å². The predicted molar refractivity (Wildman–Crippen MR) is 117 cm³/mol. The Kier molecular flexibility index (Phi) is 6.98. The number of benzene rings is 2. The molecule has 0 N–H and O–H groups in total. The number of aryl methyl sites for hydroxylation is 1. The molecule has 1 aromatic heterocycles. The van der Waals surface area contributed by atoms with Crippen LogP contribution in [0.1, 0.15) is 21.5 Å². The lowest BCUT2D eigenvalue weighted by atomic mass is 10.1. The van der Waals surface area contributed by atoms with Gasteiger partial charge in [0.15, 0.2) is 0 Å². The Labute approximate surface area is 195 Å². The van der Waals surface area contributed by atoms with Gasteiger partial charge in [-0.25, -0.2) is 26.6 Å². The molecule has 174 valence electrons. The summed E-state index contributed by atoms with van der Waals surface area (Å²) in [5.74, 6) is -2.74. The zero-order valence-electron chi connectivity index (χ0n) is 17.6. The average molecular weight is 543 g/mol. The van der Waals surface area contributed by atoms with Crippen LogP contribution in [-0.4, -0.2) is 37.3 Å². The van der Waals surface area contributed by atoms with Gasteiger partial charge in [0.25, 0.3) is 5.56 Å². The SMILES string of the molecule is COC(=O)c1ccc(C)c(-n2c(S(C)(=O)=O)nc(OCc3ccc(F)cc3F)c(Br)c2=O)c1. The molecule has 0 saturated heterocycles. The standard InChI is InChI=1S/C21H17BrF2N2O6S/c1-11-4-5-12(20(28)31-2)8-16(11)26-19(27)17(22)18(25-21(26)33(3,29)30)32-10-13-6-7-14(23)9-15(13)24/h4-9H,10H2,1-3H3. The van der Waals surface area contributed by atoms with Crippen molar-refractivity contribution in [1.82, 2.24) is 9.55 Å². The van der Waals surface area contributed by atoms with Crippen molar-refractivity contribution < 1.29 is 31.5 Å². The summed E-state index contributed by atoms with van der Waals surface area (Å²) < 4.78 is 62.7. The number of methoxy groups -OCH3 is 1. The highest BCUT2D eigenvalue weighted by molar-refractivity contribution is 9.10. The van der Waals surface area contributed by atoms with Crippen LogP contribution in [0.5, 0.6) is 5.88 Å². The average Bonchev–Trinajstić information content (AvgIpc) is 2.75. The molecule has 12 heteroatoms. The maximum absolute atomic E-state index is 13.9. The molecule has 0 saturated carbocycles. The molecule has 0 radical (unpaired) electrons. The molecular formula is C21H17BrF2N2O6S. The van der Waals surface area contributed by atoms with Gasteiger partial charge >= 0.3 is 5.97 Å². The highest BCUT2D eigenvalue weighted by Crippen LogP contribution is 2.26. The second-order valence-electron chi connectivity index (χ2n) is 6.94. The second kappa shape index (κ2) is 9.40. The molecule has 8 nitrogen and oxygen atoms in total. The summed E-state index contributed by atoms with van der Waals surface area (Å²) in [6, 6.07) is 7.14. The molecule has 0 aliphatic rings. The minimum atomic E-state index is -4.08. The van der Waals surface area contributed by atoms with E-state index in [4.69, 9.17) is 4.74 Å². The highest BCUT2D eigenvalue weighted by atomic mass is 79.9. The van der Waals surface area contributed by atoms with Gasteiger partial charge in [-0.2, -0.15) is 4.98 Å². The number of carbonyl (C=O) groups is 1. The van der Waals surface area contributed by atoms with E-state index in [1.165, 1.54) is 25.3 Å². The van der Waals surface area contributed by atoms with Crippen molar-refractivity contribution in [1.29, 1.82) is 0 Å². The number of hydrogen-bond donors (Lipinski definition) is 0. The van der Waals surface area contributed by atoms with E-state index in [0.29, 0.717) is 11.6 Å². The fourth-order valence-corrected chi connectivity index (χ4v) is 4.04. The molecule has 0 unspecified atom stereocenters. The number of nitrogens with zero attached hydrogens (tertiary/aromatic N) is 2. The first-order chi connectivity index (χ1) is 15.4. The topological polar surface area (TPSA) is 105 Å². The molecule has 0 bridgehead atoms. The maximum Gasteiger partial charge on any atom is 0.337 e. The van der Waals surface area contributed by atoms with Crippen LogP contribution in [0.15, 0.2) is 50.8 Å². The molecule has 0 aliphatic carbocycles. The van der Waals surface area contributed by atoms with Crippen molar-refractivity contribution in [3.05, 3.63) is 79.5 Å². The number of sulfone groups is 1. The Morgan fingerprint density at radius 3 is 2.48 bits per heavy atom. The van der Waals surface area contributed by atoms with Crippen LogP contribution in [-0.2, 0) is 21.2 Å². The molecule has 3 aromatic rings. The quantitative estimate of drug-likeness (QED) is 0.347. The van der Waals surface area contributed by atoms with Gasteiger partial charge in [-0.15, -0.1) is 0 Å². The molecule has 0 atom stereocenters. The number of aromatic nitrogens is 2. The molecule has 0 fully saturated rings. The Bertz CT molecular complexity index is 1420. The lowest BCUT2D eigenvalue weighted by Gasteiger charge is -2.16. The van der Waals surface area contributed by atoms with E-state index < -0.39 is 50.6 Å². The van der Waals surface area contributed by atoms with Crippen molar-refractivity contribution in [2.24, 2.45) is 0 Å². The van der Waals surface area contributed by atoms with Gasteiger partial charge in [-0.1, -0.05) is 6.07 Å². The summed E-state index contributed by atoms with van der Waals surface area (Å²) in [5.41, 5.74) is -0.215. The summed E-state index contributed by atoms with van der Waals surface area (Å²) >= 11 is 3.06. The highest BCUT2D eigenvalue weighted by Gasteiger charge is 2.25. The number of ether oxygens (including phenoxy) is 2. The number of rotatable bonds is 6. The minimum Gasteiger partial charge on any atom is -0.472 e. The molecule has 33 heavy (non-hydrogen) atoms. The number of halogens is 3. The molecule has 0 aliphatic heterocycles. The van der Waals surface area contributed by atoms with Crippen molar-refractivity contribution in [3.63, 3.8) is 0 Å². The molecule has 0 spiro atoms. The summed E-state index contributed by atoms with van der Waals surface area (Å²) in [5, 5.41) is -0.657. The van der Waals surface area contributed by atoms with E-state index in [1.54, 1.807) is 6.92 Å². The van der Waals surface area contributed by atoms with Crippen molar-refractivity contribution in [2.45, 2.75) is 18.7 Å². The van der Waals surface area contributed by atoms with Crippen molar-refractivity contribution in [2.75, 3.05) is 13.4 Å². The summed E-state index contributed by atoms with van der Waals surface area (Å²) in [7, 11) is -2.90. The second-order valence-corrected chi connectivity index (χ2v) is 9.65. The van der Waals surface area contributed by atoms with Crippen molar-refractivity contribution in [3.8, 4) is 11.6 Å². The van der Waals surface area contributed by atoms with Crippen LogP contribution in [0.2, 0.25) is 0 Å². The van der Waals surface area contributed by atoms with E-state index in [9.17, 15) is 26.8 Å². The van der Waals surface area contributed by atoms with E-state index in [2.05, 4.69) is 25.7 Å². The van der Waals surface area contributed by atoms with E-state index in [-0.39, 0.29) is 21.3 Å². The van der Waals surface area contributed by atoms with E-state index in [1.807, 2.05) is 0 Å². The van der Waals surface area contributed by atoms with Gasteiger partial charge in [0, 0.05) is 17.9 Å². The number of carbonyl (C=O) groups excluding carboxylic acids is 1. The smallest absolute Gasteiger partial charge is 0.337 e. The normalized spacial score (nSPS) is 11.3. The Morgan fingerprint density at radius 1 is 1.18 bits per heavy atom. The number of esters is 1. The van der Waals surface area contributed by atoms with Crippen LogP contribution in [0.25, 0.3) is 5.69 Å². The van der Waals surface area contributed by atoms with Gasteiger partial charge in [-0.3, -0.25) is 4.79 Å². The maximum atomic E-state index is 13.9. The first-order valence-corrected chi connectivity index (χ1v) is 11.9. The molecule has 1 heterocycles. The third-order valence-electron chi connectivity index (χ3n) is 4.55. The summed E-state index contributed by atoms with van der Waals surface area (Å²) in [6.07, 6.45) is 0.849. The lowest BCUT2D eigenvalue weighted by Crippen LogP contribution is -2.28. The zero-order chi connectivity index (χ0) is 24.5. The molecule has 0 amide bonds. The van der Waals surface area contributed by atoms with Crippen LogP contribution in [0, 0.1) is 18.6 Å². The van der Waals surface area contributed by atoms with Gasteiger partial charge in [0.1, 0.15) is 22.7 Å². The fraction of sp³-hybridized carbons (Fsp3) is 0.190. The first kappa shape index (κ1) is 24.5. The number of hydrogen-bond acceptors (Lipinski definition) is 7. The molecule has 2 aromatic carbocycles. The molecular weight excluding hydrogens is 526 g/mol. The van der Waals surface area contributed by atoms with E-state index >= 15 is 0 Å². The zero-order valence-corrected chi connectivity index (χ0v) is 20.0. The third kappa shape index (κ3) is 5.11. The Morgan fingerprint density at radius 2 is 1.88 bits per heavy atom. The lowest BCUT2D eigenvalue weighted by molar-refractivity contribution is 0.0600. The largest absolute Gasteiger partial charge is 0.472 e. The van der Waals surface area contributed by atoms with Crippen molar-refractivity contribution >= 4 is 31.7 Å². The Hall–Kier alpha value is -3.12. The monoisotopic (exact) mass is 542 g/mol. The minimum absolute atomic E-state index is 0.0307. The first-order valence-electron chi connectivity index (χ1n) is 9.22. The predicted octanol–water partition coefficient (Wildman–Crippen LogP) is 3.35. The van der Waals surface area contributed by atoms with E-state index in [0.717, 1.165) is 23.0 Å². The van der Waals surface area contributed by atoms with Crippen LogP contribution in [0.4, 0.5) is 8.78 Å². The van der Waals surface area contributed by atoms with Gasteiger partial charge < -0.3 is 9.47 Å². The fourth-order valence-electron chi connectivity index (χ4n) is 2.90. The van der Waals surface area contributed by atoms with Gasteiger partial charge in [0.05, 0.1) is 18.4 Å². The van der Waals surface area contributed by atoms with Crippen LogP contribution >= 0.6 is 15.9 Å². The van der Waals surface area contributed by atoms with Gasteiger partial charge in [0.2, 0.25) is 20.9 Å². The third-order valence-corrected chi connectivity index (χ3v) is 6.16. The van der Waals surface area contributed by atoms with Crippen LogP contribution in [0.3, 0.4) is 0 Å². The Balaban J connectivity index is 2.17. The summed E-state index contributed by atoms with van der Waals surface area (Å²) in [6.45, 7) is 1.17.